The summed E-state index contributed by atoms with van der Waals surface area (Å²) in [7, 11) is 0. The van der Waals surface area contributed by atoms with E-state index in [0.717, 1.165) is 11.3 Å². The Morgan fingerprint density at radius 2 is 2.17 bits per heavy atom. The third kappa shape index (κ3) is 4.29. The molecule has 0 aromatic heterocycles. The van der Waals surface area contributed by atoms with Crippen LogP contribution in [0.25, 0.3) is 0 Å². The zero-order valence-electron chi connectivity index (χ0n) is 10.2. The molecule has 0 aliphatic carbocycles. The highest BCUT2D eigenvalue weighted by Gasteiger charge is 2.18. The van der Waals surface area contributed by atoms with Gasteiger partial charge in [-0.3, -0.25) is 4.79 Å². The number of amidine groups is 1. The van der Waals surface area contributed by atoms with Crippen molar-refractivity contribution in [3.05, 3.63) is 35.9 Å². The van der Waals surface area contributed by atoms with Crippen LogP contribution in [-0.2, 0) is 4.79 Å². The second-order valence-electron chi connectivity index (χ2n) is 3.68. The number of nitrogens with zero attached hydrogens (tertiary/aromatic N) is 1. The number of hydrogen-bond donors (Lipinski definition) is 3. The van der Waals surface area contributed by atoms with Crippen LogP contribution >= 0.6 is 11.8 Å². The summed E-state index contributed by atoms with van der Waals surface area (Å²) in [4.78, 5) is 11.7. The van der Waals surface area contributed by atoms with Gasteiger partial charge in [0.1, 0.15) is 6.04 Å². The Hall–Kier alpha value is -1.69. The van der Waals surface area contributed by atoms with Gasteiger partial charge in [0.2, 0.25) is 5.91 Å². The predicted octanol–water partition coefficient (Wildman–Crippen LogP) is 1.34. The molecule has 0 fully saturated rings. The minimum Gasteiger partial charge on any atom is -0.409 e. The van der Waals surface area contributed by atoms with E-state index in [2.05, 4.69) is 10.5 Å². The van der Waals surface area contributed by atoms with Crippen LogP contribution in [0.15, 0.2) is 35.5 Å². The van der Waals surface area contributed by atoms with Crippen LogP contribution < -0.4 is 11.1 Å². The van der Waals surface area contributed by atoms with Gasteiger partial charge in [-0.2, -0.15) is 11.8 Å². The van der Waals surface area contributed by atoms with Gasteiger partial charge >= 0.3 is 0 Å². The summed E-state index contributed by atoms with van der Waals surface area (Å²) in [5, 5.41) is 14.5. The lowest BCUT2D eigenvalue weighted by Gasteiger charge is -2.17. The fourth-order valence-corrected chi connectivity index (χ4v) is 1.85. The molecule has 5 nitrogen and oxygen atoms in total. The molecule has 0 heterocycles. The van der Waals surface area contributed by atoms with Crippen molar-refractivity contribution in [2.24, 2.45) is 10.9 Å². The Morgan fingerprint density at radius 1 is 1.50 bits per heavy atom. The van der Waals surface area contributed by atoms with E-state index >= 15 is 0 Å². The van der Waals surface area contributed by atoms with E-state index in [9.17, 15) is 4.79 Å². The second kappa shape index (κ2) is 7.60. The molecule has 1 unspecified atom stereocenters. The molecule has 0 aliphatic rings. The van der Waals surface area contributed by atoms with Gasteiger partial charge in [0.05, 0.1) is 0 Å². The summed E-state index contributed by atoms with van der Waals surface area (Å²) in [5.74, 6) is 0.590. The summed E-state index contributed by atoms with van der Waals surface area (Å²) in [6.07, 6.45) is 2.34. The van der Waals surface area contributed by atoms with E-state index in [0.29, 0.717) is 6.42 Å². The number of nitrogens with one attached hydrogen (secondary N) is 1. The number of nitrogens with two attached hydrogens (primary N) is 1. The van der Waals surface area contributed by atoms with Crippen LogP contribution in [0.3, 0.4) is 0 Å². The minimum atomic E-state index is -0.592. The van der Waals surface area contributed by atoms with Crippen molar-refractivity contribution < 1.29 is 10.0 Å². The average Bonchev–Trinajstić information content (AvgIpc) is 2.42. The molecule has 6 heteroatoms. The van der Waals surface area contributed by atoms with Crippen molar-refractivity contribution in [3.8, 4) is 0 Å². The van der Waals surface area contributed by atoms with E-state index in [4.69, 9.17) is 10.9 Å². The highest BCUT2D eigenvalue weighted by molar-refractivity contribution is 7.98. The second-order valence-corrected chi connectivity index (χ2v) is 4.66. The molecule has 0 radical (unpaired) electrons. The molecule has 1 rings (SSSR count). The standard InChI is InChI=1S/C12H17N3O2S/c1-18-8-7-10(16)14-11(12(13)15-17)9-5-3-2-4-6-9/h2-6,11,17H,7-8H2,1H3,(H2,13,15)(H,14,16). The molecular formula is C12H17N3O2S. The average molecular weight is 267 g/mol. The van der Waals surface area contributed by atoms with E-state index in [-0.39, 0.29) is 11.7 Å². The molecule has 4 N–H and O–H groups in total. The molecule has 0 saturated heterocycles. The van der Waals surface area contributed by atoms with Crippen molar-refractivity contribution in [1.82, 2.24) is 5.32 Å². The first-order chi connectivity index (χ1) is 8.69. The van der Waals surface area contributed by atoms with Gasteiger partial charge < -0.3 is 16.3 Å². The van der Waals surface area contributed by atoms with Crippen LogP contribution in [0.5, 0.6) is 0 Å². The van der Waals surface area contributed by atoms with E-state index in [1.807, 2.05) is 36.6 Å². The Kier molecular flexibility index (Phi) is 6.07. The largest absolute Gasteiger partial charge is 0.409 e. The zero-order valence-corrected chi connectivity index (χ0v) is 11.0. The molecule has 0 spiro atoms. The minimum absolute atomic E-state index is 0.0290. The van der Waals surface area contributed by atoms with E-state index < -0.39 is 6.04 Å². The first-order valence-corrected chi connectivity index (χ1v) is 6.89. The molecule has 1 aromatic rings. The zero-order chi connectivity index (χ0) is 13.4. The van der Waals surface area contributed by atoms with Gasteiger partial charge in [-0.25, -0.2) is 0 Å². The Balaban J connectivity index is 2.78. The normalized spacial score (nSPS) is 13.1. The van der Waals surface area contributed by atoms with Crippen LogP contribution in [0.4, 0.5) is 0 Å². The maximum Gasteiger partial charge on any atom is 0.221 e. The van der Waals surface area contributed by atoms with E-state index in [1.165, 1.54) is 0 Å². The van der Waals surface area contributed by atoms with Crippen LogP contribution in [0.1, 0.15) is 18.0 Å². The van der Waals surface area contributed by atoms with Crippen molar-refractivity contribution in [2.45, 2.75) is 12.5 Å². The quantitative estimate of drug-likeness (QED) is 0.314. The summed E-state index contributed by atoms with van der Waals surface area (Å²) < 4.78 is 0. The first kappa shape index (κ1) is 14.4. The number of amides is 1. The molecule has 18 heavy (non-hydrogen) atoms. The SMILES string of the molecule is CSCCC(=O)NC(C(N)=NO)c1ccccc1. The third-order valence-corrected chi connectivity index (χ3v) is 3.00. The van der Waals surface area contributed by atoms with Gasteiger partial charge in [0.25, 0.3) is 0 Å². The smallest absolute Gasteiger partial charge is 0.221 e. The maximum absolute atomic E-state index is 11.7. The van der Waals surface area contributed by atoms with Crippen molar-refractivity contribution in [1.29, 1.82) is 0 Å². The van der Waals surface area contributed by atoms with Crippen LogP contribution in [-0.4, -0.2) is 29.0 Å². The monoisotopic (exact) mass is 267 g/mol. The lowest BCUT2D eigenvalue weighted by molar-refractivity contribution is -0.121. The summed E-state index contributed by atoms with van der Waals surface area (Å²) in [6, 6.07) is 8.57. The van der Waals surface area contributed by atoms with Gasteiger partial charge in [0.15, 0.2) is 5.84 Å². The van der Waals surface area contributed by atoms with Gasteiger partial charge in [-0.1, -0.05) is 35.5 Å². The van der Waals surface area contributed by atoms with Crippen LogP contribution in [0, 0.1) is 0 Å². The molecule has 0 aliphatic heterocycles. The summed E-state index contributed by atoms with van der Waals surface area (Å²) in [5.41, 5.74) is 6.39. The molecular weight excluding hydrogens is 250 g/mol. The number of hydrogen-bond acceptors (Lipinski definition) is 4. The van der Waals surface area contributed by atoms with Crippen molar-refractivity contribution in [2.75, 3.05) is 12.0 Å². The third-order valence-electron chi connectivity index (χ3n) is 2.38. The number of oxime groups is 1. The van der Waals surface area contributed by atoms with E-state index in [1.54, 1.807) is 11.8 Å². The highest BCUT2D eigenvalue weighted by atomic mass is 32.2. The first-order valence-electron chi connectivity index (χ1n) is 5.49. The van der Waals surface area contributed by atoms with Gasteiger partial charge in [0, 0.05) is 12.2 Å². The summed E-state index contributed by atoms with van der Waals surface area (Å²) in [6.45, 7) is 0. The lowest BCUT2D eigenvalue weighted by Crippen LogP contribution is -2.37. The lowest BCUT2D eigenvalue weighted by atomic mass is 10.1. The Morgan fingerprint density at radius 3 is 2.72 bits per heavy atom. The Labute approximate surface area is 110 Å². The maximum atomic E-state index is 11.7. The Bertz CT molecular complexity index is 409. The number of rotatable bonds is 6. The molecule has 0 saturated carbocycles. The molecule has 1 aromatic carbocycles. The predicted molar refractivity (Wildman–Crippen MR) is 73.7 cm³/mol. The fraction of sp³-hybridized carbons (Fsp3) is 0.333. The highest BCUT2D eigenvalue weighted by Crippen LogP contribution is 2.13. The number of thioether (sulfide) groups is 1. The van der Waals surface area contributed by atoms with Crippen LogP contribution in [0.2, 0.25) is 0 Å². The molecule has 0 bridgehead atoms. The number of carbonyl (C=O) groups excluding carboxylic acids is 1. The number of carbonyl (C=O) groups is 1. The topological polar surface area (TPSA) is 87.7 Å². The van der Waals surface area contributed by atoms with Crippen molar-refractivity contribution in [3.63, 3.8) is 0 Å². The van der Waals surface area contributed by atoms with Gasteiger partial charge in [-0.15, -0.1) is 0 Å². The molecule has 98 valence electrons. The molecule has 1 atom stereocenters. The van der Waals surface area contributed by atoms with Crippen molar-refractivity contribution >= 4 is 23.5 Å². The fourth-order valence-electron chi connectivity index (χ4n) is 1.46. The summed E-state index contributed by atoms with van der Waals surface area (Å²) >= 11 is 1.60. The number of benzene rings is 1. The van der Waals surface area contributed by atoms with Gasteiger partial charge in [-0.05, 0) is 11.8 Å². The molecule has 1 amide bonds.